The Morgan fingerprint density at radius 3 is 2.55 bits per heavy atom. The quantitative estimate of drug-likeness (QED) is 0.774. The van der Waals surface area contributed by atoms with E-state index in [1.54, 1.807) is 7.11 Å². The Bertz CT molecular complexity index is 426. The predicted molar refractivity (Wildman–Crippen MR) is 88.4 cm³/mol. The van der Waals surface area contributed by atoms with Gasteiger partial charge in [0.15, 0.2) is 0 Å². The second kappa shape index (κ2) is 8.51. The lowest BCUT2D eigenvalue weighted by Crippen LogP contribution is -2.44. The summed E-state index contributed by atoms with van der Waals surface area (Å²) >= 11 is 0. The third-order valence-corrected chi connectivity index (χ3v) is 4.74. The molecule has 1 saturated heterocycles. The third kappa shape index (κ3) is 4.97. The maximum absolute atomic E-state index is 9.70. The van der Waals surface area contributed by atoms with Gasteiger partial charge in [0.2, 0.25) is 0 Å². The highest BCUT2D eigenvalue weighted by molar-refractivity contribution is 5.27. The molecule has 0 aliphatic carbocycles. The molecule has 0 radical (unpaired) electrons. The van der Waals surface area contributed by atoms with Crippen LogP contribution in [0.2, 0.25) is 0 Å². The largest absolute Gasteiger partial charge is 0.497 e. The van der Waals surface area contributed by atoms with Crippen LogP contribution in [0.4, 0.5) is 0 Å². The summed E-state index contributed by atoms with van der Waals surface area (Å²) in [6.45, 7) is 4.87. The number of aliphatic hydroxyl groups excluding tert-OH is 1. The zero-order chi connectivity index (χ0) is 15.8. The number of nitrogens with one attached hydrogen (secondary N) is 1. The van der Waals surface area contributed by atoms with Crippen LogP contribution in [0.5, 0.6) is 5.75 Å². The van der Waals surface area contributed by atoms with E-state index in [0.717, 1.165) is 51.2 Å². The Labute approximate surface area is 133 Å². The topological polar surface area (TPSA) is 50.7 Å². The third-order valence-electron chi connectivity index (χ3n) is 4.74. The molecule has 0 bridgehead atoms. The van der Waals surface area contributed by atoms with E-state index in [2.05, 4.69) is 24.4 Å². The first kappa shape index (κ1) is 17.3. The highest BCUT2D eigenvalue weighted by Crippen LogP contribution is 2.29. The summed E-state index contributed by atoms with van der Waals surface area (Å²) in [6, 6.07) is 8.71. The van der Waals surface area contributed by atoms with Crippen LogP contribution in [-0.4, -0.2) is 44.6 Å². The number of methoxy groups -OCH3 is 1. The molecule has 22 heavy (non-hydrogen) atoms. The van der Waals surface area contributed by atoms with Gasteiger partial charge in [0.05, 0.1) is 13.7 Å². The average molecular weight is 307 g/mol. The molecule has 0 amide bonds. The Kier molecular flexibility index (Phi) is 6.68. The smallest absolute Gasteiger partial charge is 0.118 e. The van der Waals surface area contributed by atoms with Crippen LogP contribution in [0.3, 0.4) is 0 Å². The van der Waals surface area contributed by atoms with Gasteiger partial charge in [0.1, 0.15) is 5.75 Å². The maximum Gasteiger partial charge on any atom is 0.118 e. The molecule has 124 valence electrons. The van der Waals surface area contributed by atoms with E-state index in [1.165, 1.54) is 5.56 Å². The van der Waals surface area contributed by atoms with Gasteiger partial charge in [-0.3, -0.25) is 0 Å². The second-order valence-corrected chi connectivity index (χ2v) is 6.44. The Balaban J connectivity index is 1.73. The van der Waals surface area contributed by atoms with Crippen molar-refractivity contribution in [1.82, 2.24) is 5.32 Å². The summed E-state index contributed by atoms with van der Waals surface area (Å²) in [5, 5.41) is 13.3. The van der Waals surface area contributed by atoms with Crippen molar-refractivity contribution >= 4 is 0 Å². The molecule has 0 saturated carbocycles. The standard InChI is InChI=1S/C18H29NO3/c1-15(3-4-16-5-7-17(21-2)8-6-16)19-13-18(14-20)9-11-22-12-10-18/h5-8,15,19-20H,3-4,9-14H2,1-2H3. The summed E-state index contributed by atoms with van der Waals surface area (Å²) in [4.78, 5) is 0. The molecule has 1 aliphatic rings. The minimum atomic E-state index is 0.00657. The molecule has 1 aromatic carbocycles. The first-order valence-electron chi connectivity index (χ1n) is 8.22. The predicted octanol–water partition coefficient (Wildman–Crippen LogP) is 2.40. The lowest BCUT2D eigenvalue weighted by Gasteiger charge is -2.36. The number of aryl methyl sites for hydroxylation is 1. The molecular weight excluding hydrogens is 278 g/mol. The van der Waals surface area contributed by atoms with Gasteiger partial charge in [-0.15, -0.1) is 0 Å². The fourth-order valence-corrected chi connectivity index (χ4v) is 2.86. The van der Waals surface area contributed by atoms with Crippen molar-refractivity contribution in [2.75, 3.05) is 33.5 Å². The van der Waals surface area contributed by atoms with Crippen LogP contribution in [0.25, 0.3) is 0 Å². The number of hydrogen-bond donors (Lipinski definition) is 2. The van der Waals surface area contributed by atoms with Gasteiger partial charge in [-0.05, 0) is 50.3 Å². The SMILES string of the molecule is COc1ccc(CCC(C)NCC2(CO)CCOCC2)cc1. The molecule has 1 atom stereocenters. The van der Waals surface area contributed by atoms with Crippen molar-refractivity contribution < 1.29 is 14.6 Å². The van der Waals surface area contributed by atoms with Crippen LogP contribution >= 0.6 is 0 Å². The molecule has 4 nitrogen and oxygen atoms in total. The normalized spacial score (nSPS) is 18.9. The monoisotopic (exact) mass is 307 g/mol. The van der Waals surface area contributed by atoms with Crippen LogP contribution in [0, 0.1) is 5.41 Å². The van der Waals surface area contributed by atoms with Gasteiger partial charge in [-0.2, -0.15) is 0 Å². The van der Waals surface area contributed by atoms with Gasteiger partial charge in [0.25, 0.3) is 0 Å². The van der Waals surface area contributed by atoms with Crippen molar-refractivity contribution in [2.24, 2.45) is 5.41 Å². The van der Waals surface area contributed by atoms with E-state index in [1.807, 2.05) is 12.1 Å². The highest BCUT2D eigenvalue weighted by atomic mass is 16.5. The Hall–Kier alpha value is -1.10. The summed E-state index contributed by atoms with van der Waals surface area (Å²) in [5.74, 6) is 0.902. The zero-order valence-electron chi connectivity index (χ0n) is 13.8. The van der Waals surface area contributed by atoms with Gasteiger partial charge in [0, 0.05) is 31.2 Å². The number of hydrogen-bond acceptors (Lipinski definition) is 4. The van der Waals surface area contributed by atoms with E-state index in [4.69, 9.17) is 9.47 Å². The fourth-order valence-electron chi connectivity index (χ4n) is 2.86. The molecule has 0 aromatic heterocycles. The molecule has 4 heteroatoms. The van der Waals surface area contributed by atoms with Gasteiger partial charge in [-0.1, -0.05) is 12.1 Å². The van der Waals surface area contributed by atoms with E-state index >= 15 is 0 Å². The second-order valence-electron chi connectivity index (χ2n) is 6.44. The van der Waals surface area contributed by atoms with Crippen molar-refractivity contribution in [3.05, 3.63) is 29.8 Å². The van der Waals surface area contributed by atoms with E-state index in [9.17, 15) is 5.11 Å². The zero-order valence-corrected chi connectivity index (χ0v) is 13.8. The van der Waals surface area contributed by atoms with E-state index in [0.29, 0.717) is 6.04 Å². The fraction of sp³-hybridized carbons (Fsp3) is 0.667. The summed E-state index contributed by atoms with van der Waals surface area (Å²) < 4.78 is 10.6. The van der Waals surface area contributed by atoms with Gasteiger partial charge < -0.3 is 19.9 Å². The van der Waals surface area contributed by atoms with Crippen LogP contribution in [0.15, 0.2) is 24.3 Å². The minimum absolute atomic E-state index is 0.00657. The molecule has 1 fully saturated rings. The number of benzene rings is 1. The molecule has 1 heterocycles. The first-order chi connectivity index (χ1) is 10.7. The van der Waals surface area contributed by atoms with E-state index < -0.39 is 0 Å². The molecule has 2 N–H and O–H groups in total. The minimum Gasteiger partial charge on any atom is -0.497 e. The first-order valence-corrected chi connectivity index (χ1v) is 8.22. The summed E-state index contributed by atoms with van der Waals surface area (Å²) in [6.07, 6.45) is 4.03. The molecule has 2 rings (SSSR count). The van der Waals surface area contributed by atoms with Crippen LogP contribution in [0.1, 0.15) is 31.7 Å². The van der Waals surface area contributed by atoms with E-state index in [-0.39, 0.29) is 12.0 Å². The van der Waals surface area contributed by atoms with Gasteiger partial charge in [-0.25, -0.2) is 0 Å². The van der Waals surface area contributed by atoms with Crippen molar-refractivity contribution in [3.8, 4) is 5.75 Å². The number of ether oxygens (including phenoxy) is 2. The Morgan fingerprint density at radius 1 is 1.27 bits per heavy atom. The lowest BCUT2D eigenvalue weighted by molar-refractivity contribution is -0.0163. The van der Waals surface area contributed by atoms with Crippen LogP contribution in [-0.2, 0) is 11.2 Å². The maximum atomic E-state index is 9.70. The average Bonchev–Trinajstić information content (AvgIpc) is 2.59. The van der Waals surface area contributed by atoms with Gasteiger partial charge >= 0.3 is 0 Å². The van der Waals surface area contributed by atoms with Crippen molar-refractivity contribution in [2.45, 2.75) is 38.6 Å². The molecular formula is C18H29NO3. The van der Waals surface area contributed by atoms with Crippen molar-refractivity contribution in [1.29, 1.82) is 0 Å². The Morgan fingerprint density at radius 2 is 1.95 bits per heavy atom. The van der Waals surface area contributed by atoms with Crippen LogP contribution < -0.4 is 10.1 Å². The molecule has 1 aromatic rings. The highest BCUT2D eigenvalue weighted by Gasteiger charge is 2.31. The molecule has 1 unspecified atom stereocenters. The summed E-state index contributed by atoms with van der Waals surface area (Å²) in [5.41, 5.74) is 1.34. The molecule has 1 aliphatic heterocycles. The number of aliphatic hydroxyl groups is 1. The molecule has 0 spiro atoms. The van der Waals surface area contributed by atoms with Crippen molar-refractivity contribution in [3.63, 3.8) is 0 Å². The lowest BCUT2D eigenvalue weighted by atomic mass is 9.81. The summed E-state index contributed by atoms with van der Waals surface area (Å²) in [7, 11) is 1.69. The number of rotatable bonds is 8.